The van der Waals surface area contributed by atoms with Crippen LogP contribution in [-0.4, -0.2) is 63.9 Å². The van der Waals surface area contributed by atoms with Gasteiger partial charge in [-0.05, 0) is 72.5 Å². The second kappa shape index (κ2) is 12.8. The summed E-state index contributed by atoms with van der Waals surface area (Å²) in [6.07, 6.45) is -5.02. The number of halogens is 3. The smallest absolute Gasteiger partial charge is 0.406 e. The van der Waals surface area contributed by atoms with Gasteiger partial charge < -0.3 is 14.7 Å². The predicted octanol–water partition coefficient (Wildman–Crippen LogP) is 4.57. The number of ether oxygens (including phenoxy) is 1. The van der Waals surface area contributed by atoms with Crippen molar-refractivity contribution in [3.8, 4) is 5.75 Å². The Kier molecular flexibility index (Phi) is 8.93. The first-order valence-corrected chi connectivity index (χ1v) is 17.6. The molecule has 0 amide bonds. The van der Waals surface area contributed by atoms with E-state index in [0.717, 1.165) is 51.1 Å². The first-order valence-electron chi connectivity index (χ1n) is 14.6. The van der Waals surface area contributed by atoms with Crippen LogP contribution in [0.1, 0.15) is 11.1 Å². The second-order valence-corrected chi connectivity index (χ2v) is 14.6. The third-order valence-electron chi connectivity index (χ3n) is 8.13. The van der Waals surface area contributed by atoms with E-state index in [1.54, 1.807) is 30.3 Å². The zero-order chi connectivity index (χ0) is 33.4. The number of aryl methyl sites for hydroxylation is 2. The van der Waals surface area contributed by atoms with Crippen LogP contribution in [0.4, 0.5) is 30.2 Å². The Morgan fingerprint density at radius 1 is 0.745 bits per heavy atom. The number of sulfonamides is 1. The lowest BCUT2D eigenvalue weighted by atomic mass is 9.96. The molecule has 2 aliphatic rings. The summed E-state index contributed by atoms with van der Waals surface area (Å²) in [4.78, 5) is 1.47. The van der Waals surface area contributed by atoms with Gasteiger partial charge in [-0.25, -0.2) is 13.1 Å². The van der Waals surface area contributed by atoms with E-state index < -0.39 is 62.0 Å². The van der Waals surface area contributed by atoms with Crippen LogP contribution < -0.4 is 19.1 Å². The molecule has 47 heavy (non-hydrogen) atoms. The van der Waals surface area contributed by atoms with E-state index in [9.17, 15) is 35.1 Å². The Morgan fingerprint density at radius 2 is 1.30 bits per heavy atom. The molecule has 6 rings (SSSR count). The number of para-hydroxylation sites is 3. The number of rotatable bonds is 8. The molecule has 3 atom stereocenters. The van der Waals surface area contributed by atoms with E-state index in [2.05, 4.69) is 14.2 Å². The van der Waals surface area contributed by atoms with Crippen LogP contribution in [0, 0.1) is 0 Å². The van der Waals surface area contributed by atoms with Crippen LogP contribution in [0.3, 0.4) is 0 Å². The Hall–Kier alpha value is -4.15. The fraction of sp³-hybridized carbons (Fsp3) is 0.250. The molecule has 10 nitrogen and oxygen atoms in total. The maximum Gasteiger partial charge on any atom is 0.573 e. The summed E-state index contributed by atoms with van der Waals surface area (Å²) in [6, 6.07) is 24.6. The summed E-state index contributed by atoms with van der Waals surface area (Å²) in [5.41, 5.74) is 3.73. The average molecular weight is 689 g/mol. The number of fused-ring (bicyclic) bond motifs is 2. The summed E-state index contributed by atoms with van der Waals surface area (Å²) < 4.78 is 103. The van der Waals surface area contributed by atoms with Gasteiger partial charge in [0.05, 0.1) is 23.1 Å². The molecular formula is C32H31F3N4O6S2. The number of nitrogens with one attached hydrogen (secondary N) is 2. The number of benzene rings is 4. The highest BCUT2D eigenvalue weighted by Gasteiger charge is 2.46. The molecule has 1 fully saturated rings. The molecule has 0 radical (unpaired) electrons. The SMILES string of the molecule is O=S(=O)(N[C@@H]1CN(S(=O)(=O)Nc2ccccc2)C[C@H](N2c3ccccc3CCc3ccccc32)[C@H]1O)c1ccc(OC(F)(F)F)cc1. The van der Waals surface area contributed by atoms with Gasteiger partial charge in [-0.15, -0.1) is 13.2 Å². The molecule has 1 saturated heterocycles. The highest BCUT2D eigenvalue weighted by Crippen LogP contribution is 2.40. The Labute approximate surface area is 270 Å². The molecule has 4 aromatic carbocycles. The van der Waals surface area contributed by atoms with Crippen LogP contribution in [0.15, 0.2) is 108 Å². The largest absolute Gasteiger partial charge is 0.573 e. The zero-order valence-electron chi connectivity index (χ0n) is 24.7. The lowest BCUT2D eigenvalue weighted by Crippen LogP contribution is -2.66. The van der Waals surface area contributed by atoms with Crippen molar-refractivity contribution in [3.05, 3.63) is 114 Å². The molecule has 4 aromatic rings. The van der Waals surface area contributed by atoms with Gasteiger partial charge in [0, 0.05) is 30.2 Å². The monoisotopic (exact) mass is 688 g/mol. The zero-order valence-corrected chi connectivity index (χ0v) is 26.3. The van der Waals surface area contributed by atoms with Crippen LogP contribution >= 0.6 is 0 Å². The van der Waals surface area contributed by atoms with E-state index in [1.807, 2.05) is 53.4 Å². The van der Waals surface area contributed by atoms with Crippen molar-refractivity contribution in [2.75, 3.05) is 22.7 Å². The second-order valence-electron chi connectivity index (χ2n) is 11.2. The van der Waals surface area contributed by atoms with E-state index in [4.69, 9.17) is 0 Å². The molecule has 0 unspecified atom stereocenters. The number of piperidine rings is 1. The molecular weight excluding hydrogens is 658 g/mol. The third-order valence-corrected chi connectivity index (χ3v) is 11.1. The Morgan fingerprint density at radius 3 is 1.87 bits per heavy atom. The van der Waals surface area contributed by atoms with Crippen molar-refractivity contribution in [1.29, 1.82) is 0 Å². The number of anilines is 3. The minimum atomic E-state index is -4.97. The molecule has 0 saturated carbocycles. The van der Waals surface area contributed by atoms with Crippen molar-refractivity contribution >= 4 is 37.3 Å². The molecule has 0 bridgehead atoms. The number of hydrogen-bond donors (Lipinski definition) is 3. The summed E-state index contributed by atoms with van der Waals surface area (Å²) in [7, 11) is -8.75. The van der Waals surface area contributed by atoms with Crippen molar-refractivity contribution in [2.45, 2.75) is 42.3 Å². The van der Waals surface area contributed by atoms with Gasteiger partial charge in [-0.3, -0.25) is 4.72 Å². The van der Waals surface area contributed by atoms with Crippen molar-refractivity contribution in [3.63, 3.8) is 0 Å². The maximum absolute atomic E-state index is 13.8. The van der Waals surface area contributed by atoms with E-state index in [-0.39, 0.29) is 6.54 Å². The van der Waals surface area contributed by atoms with E-state index in [0.29, 0.717) is 18.5 Å². The summed E-state index contributed by atoms with van der Waals surface area (Å²) in [6.45, 7) is -0.640. The number of aliphatic hydroxyl groups is 1. The Balaban J connectivity index is 1.39. The molecule has 0 aromatic heterocycles. The van der Waals surface area contributed by atoms with Crippen LogP contribution in [0.25, 0.3) is 0 Å². The quantitative estimate of drug-likeness (QED) is 0.248. The molecule has 0 spiro atoms. The van der Waals surface area contributed by atoms with Crippen molar-refractivity contribution in [1.82, 2.24) is 9.03 Å². The fourth-order valence-electron chi connectivity index (χ4n) is 6.00. The van der Waals surface area contributed by atoms with Crippen molar-refractivity contribution in [2.24, 2.45) is 0 Å². The third kappa shape index (κ3) is 7.23. The molecule has 0 aliphatic carbocycles. The molecule has 248 valence electrons. The van der Waals surface area contributed by atoms with Gasteiger partial charge in [-0.1, -0.05) is 54.6 Å². The summed E-state index contributed by atoms with van der Waals surface area (Å²) in [5.74, 6) is -0.614. The molecule has 15 heteroatoms. The molecule has 2 heterocycles. The standard InChI is InChI=1S/C32H31F3N4O6S2/c33-32(34,35)45-25-16-18-26(19-17-25)46(41,42)37-27-20-38(47(43,44)36-24-10-2-1-3-11-24)21-30(31(27)40)39-28-12-6-4-8-22(28)14-15-23-9-5-7-13-29(23)39/h1-13,16-19,27,30-31,36-37,40H,14-15,20-21H2/t27-,30+,31+/m1/s1. The van der Waals surface area contributed by atoms with E-state index in [1.165, 1.54) is 0 Å². The number of nitrogens with zero attached hydrogens (tertiary/aromatic N) is 2. The van der Waals surface area contributed by atoms with Gasteiger partial charge in [0.1, 0.15) is 5.75 Å². The average Bonchev–Trinajstić information content (AvgIpc) is 3.19. The minimum absolute atomic E-state index is 0.201. The lowest BCUT2D eigenvalue weighted by Gasteiger charge is -2.46. The number of aliphatic hydroxyl groups excluding tert-OH is 1. The fourth-order valence-corrected chi connectivity index (χ4v) is 8.51. The highest BCUT2D eigenvalue weighted by atomic mass is 32.2. The van der Waals surface area contributed by atoms with E-state index >= 15 is 0 Å². The Bertz CT molecular complexity index is 1900. The number of alkyl halides is 3. The topological polar surface area (TPSA) is 128 Å². The lowest BCUT2D eigenvalue weighted by molar-refractivity contribution is -0.274. The van der Waals surface area contributed by atoms with Gasteiger partial charge in [0.15, 0.2) is 0 Å². The maximum atomic E-state index is 13.8. The first kappa shape index (κ1) is 32.8. The van der Waals surface area contributed by atoms with Crippen LogP contribution in [0.2, 0.25) is 0 Å². The summed E-state index contributed by atoms with van der Waals surface area (Å²) in [5, 5.41) is 11.9. The van der Waals surface area contributed by atoms with Crippen molar-refractivity contribution < 1.29 is 39.9 Å². The summed E-state index contributed by atoms with van der Waals surface area (Å²) >= 11 is 0. The first-order chi connectivity index (χ1) is 22.3. The molecule has 2 aliphatic heterocycles. The van der Waals surface area contributed by atoms with Gasteiger partial charge in [0.2, 0.25) is 10.0 Å². The van der Waals surface area contributed by atoms with Crippen LogP contribution in [-0.2, 0) is 33.1 Å². The normalized spacial score (nSPS) is 20.5. The predicted molar refractivity (Wildman–Crippen MR) is 170 cm³/mol. The highest BCUT2D eigenvalue weighted by molar-refractivity contribution is 7.90. The number of hydrogen-bond acceptors (Lipinski definition) is 7. The van der Waals surface area contributed by atoms with Gasteiger partial charge >= 0.3 is 16.6 Å². The van der Waals surface area contributed by atoms with Crippen LogP contribution in [0.5, 0.6) is 5.75 Å². The van der Waals surface area contributed by atoms with Gasteiger partial charge in [0.25, 0.3) is 0 Å². The minimum Gasteiger partial charge on any atom is -0.406 e. The van der Waals surface area contributed by atoms with Gasteiger partial charge in [-0.2, -0.15) is 12.7 Å². The molecule has 3 N–H and O–H groups in total.